The van der Waals surface area contributed by atoms with Gasteiger partial charge in [0, 0.05) is 6.07 Å². The van der Waals surface area contributed by atoms with Crippen LogP contribution in [0.15, 0.2) is 46.5 Å². The number of hydrogen-bond donors (Lipinski definition) is 10. The lowest BCUT2D eigenvalue weighted by Gasteiger charge is -2.31. The second-order valence-electron chi connectivity index (χ2n) is 16.3. The lowest BCUT2D eigenvalue weighted by Crippen LogP contribution is -2.47. The summed E-state index contributed by atoms with van der Waals surface area (Å²) in [4.78, 5) is 83.7. The van der Waals surface area contributed by atoms with E-state index in [1.807, 2.05) is 0 Å². The lowest BCUT2D eigenvalue weighted by molar-refractivity contribution is -0.746. The van der Waals surface area contributed by atoms with Crippen molar-refractivity contribution in [3.05, 3.63) is 73.3 Å². The maximum atomic E-state index is 13.0. The van der Waals surface area contributed by atoms with E-state index in [-0.39, 0.29) is 45.5 Å². The lowest BCUT2D eigenvalue weighted by atomic mass is 9.84. The van der Waals surface area contributed by atoms with Crippen LogP contribution in [0.4, 0.5) is 17.6 Å². The van der Waals surface area contributed by atoms with E-state index in [0.717, 1.165) is 10.9 Å². The first-order valence-electron chi connectivity index (χ1n) is 19.7. The minimum Gasteiger partial charge on any atom is -0.387 e. The Balaban J connectivity index is 1.02. The van der Waals surface area contributed by atoms with Gasteiger partial charge in [0.2, 0.25) is 17.7 Å². The number of anilines is 2. The number of H-pyrrole nitrogens is 2. The molecule has 32 nitrogen and oxygen atoms in total. The minimum absolute atomic E-state index is 0.0207. The van der Waals surface area contributed by atoms with E-state index >= 15 is 0 Å². The number of ether oxygens (including phenoxy) is 4. The molecule has 372 valence electrons. The van der Waals surface area contributed by atoms with Gasteiger partial charge in [0.25, 0.3) is 22.8 Å². The highest BCUT2D eigenvalue weighted by atomic mass is 31.3. The Morgan fingerprint density at radius 2 is 1.51 bits per heavy atom. The predicted molar refractivity (Wildman–Crippen MR) is 224 cm³/mol. The molecule has 4 aromatic heterocycles. The van der Waals surface area contributed by atoms with Crippen LogP contribution in [0.5, 0.6) is 0 Å². The molecule has 12 N–H and O–H groups in total. The summed E-state index contributed by atoms with van der Waals surface area (Å²) in [6.07, 6.45) is -12.0. The highest BCUT2D eigenvalue weighted by Crippen LogP contribution is 2.68. The Hall–Kier alpha value is -4.95. The first-order chi connectivity index (χ1) is 31.7. The van der Waals surface area contributed by atoms with Crippen LogP contribution in [-0.2, 0) is 57.4 Å². The number of aliphatic hydroxyl groups excluding tert-OH is 3. The van der Waals surface area contributed by atoms with Crippen molar-refractivity contribution in [1.82, 2.24) is 34.1 Å². The molecule has 0 aliphatic carbocycles. The van der Waals surface area contributed by atoms with Gasteiger partial charge in [-0.3, -0.25) is 47.9 Å². The quantitative estimate of drug-likeness (QED) is 0.0168. The summed E-state index contributed by atoms with van der Waals surface area (Å²) in [5, 5.41) is 44.6. The number of rotatable bonds is 18. The summed E-state index contributed by atoms with van der Waals surface area (Å²) in [6.45, 7) is 2.33. The molecule has 2 fully saturated rings. The molecule has 12 atom stereocenters. The predicted octanol–water partition coefficient (Wildman–Crippen LogP) is -0.853. The molecule has 7 rings (SSSR count). The molecule has 0 spiro atoms. The summed E-state index contributed by atoms with van der Waals surface area (Å²) in [6, 6.07) is 5.85. The first kappa shape index (κ1) is 50.9. The molecule has 2 saturated heterocycles. The van der Waals surface area contributed by atoms with Crippen LogP contribution < -0.4 is 27.2 Å². The highest BCUT2D eigenvalue weighted by molar-refractivity contribution is 7.66. The van der Waals surface area contributed by atoms with Gasteiger partial charge in [0.1, 0.15) is 43.4 Å². The fourth-order valence-electron chi connectivity index (χ4n) is 7.47. The highest BCUT2D eigenvalue weighted by Gasteiger charge is 2.51. The normalized spacial score (nSPS) is 26.4. The largest absolute Gasteiger partial charge is 0.490 e. The number of nitrogen functional groups attached to an aromatic ring is 2. The number of aliphatic hydroxyl groups is 3. The van der Waals surface area contributed by atoms with Crippen molar-refractivity contribution in [3.8, 4) is 0 Å². The molecular formula is C33H45N11O21P3+. The molecule has 68 heavy (non-hydrogen) atoms. The number of phosphoric ester groups is 2. The van der Waals surface area contributed by atoms with Gasteiger partial charge in [-0.25, -0.2) is 23.2 Å². The second-order valence-corrected chi connectivity index (χ2v) is 20.9. The number of nitrogens with zero attached hydrogens (tertiary/aromatic N) is 7. The van der Waals surface area contributed by atoms with E-state index < -0.39 is 120 Å². The zero-order chi connectivity index (χ0) is 49.8. The van der Waals surface area contributed by atoms with Gasteiger partial charge in [-0.2, -0.15) is 13.6 Å². The molecule has 0 amide bonds. The fourth-order valence-corrected chi connectivity index (χ4v) is 11.0. The smallest absolute Gasteiger partial charge is 0.387 e. The Kier molecular flexibility index (Phi) is 14.3. The molecule has 6 heterocycles. The number of aryl methyl sites for hydroxylation is 1. The summed E-state index contributed by atoms with van der Waals surface area (Å²) in [7, 11) is -16.2. The molecule has 2 aliphatic rings. The van der Waals surface area contributed by atoms with Crippen molar-refractivity contribution in [2.45, 2.75) is 76.0 Å². The standard InChI is InChI=1S/C33H44N11O21P3/c1-33(2,3)24(14-7-5-6-8-15(14)44(50)51)59-13-58-23-21(46)17(63-30(23)43-12-41(4)19-26(43)38-32(35)40-28(19)49)10-61-67(54,55)65-68(56,57)64-66(52,53)60-9-16-20(45)22(47)29(62-16)42-11-36-18-25(42)37-31(34)39-27(18)48/h5-8,11-12,16-17,20-24,29-30,45-47H,9-10,13H2,1-4H3,(H8-,34,35,37,38,39,40,48,49,52,53,54,55,56,57)/p+1/t16-,17-,20+,21?,22?,23+,24?,29-,30-/m1/s1. The SMILES string of the molecule is Cn1c[n+]([C@@H]2O[C@H](COP(=O)(O)OP(=O)(O)OP(=O)(O)OC[C@H]3O[C@@H](n4cnc5c(=O)[nH]c(N)nc54)C(O)[C@H]3O)C(O)[C@@H]2OCOC(c2ccccc2[N+](=O)[O-])C(C)(C)C)c2nc(N)[nH]c(=O)c21. The number of benzene rings is 1. The Bertz CT molecular complexity index is 2980. The van der Waals surface area contributed by atoms with Crippen molar-refractivity contribution < 1.29 is 89.8 Å². The number of nitro benzene ring substituents is 1. The molecule has 2 aliphatic heterocycles. The van der Waals surface area contributed by atoms with Crippen LogP contribution in [0.2, 0.25) is 0 Å². The maximum Gasteiger partial charge on any atom is 0.490 e. The monoisotopic (exact) mass is 1020 g/mol. The number of hydrogen-bond acceptors (Lipinski definition) is 23. The van der Waals surface area contributed by atoms with Crippen molar-refractivity contribution in [3.63, 3.8) is 0 Å². The number of nitro groups is 1. The second kappa shape index (κ2) is 19.1. The summed E-state index contributed by atoms with van der Waals surface area (Å²) >= 11 is 0. The van der Waals surface area contributed by atoms with E-state index in [2.05, 4.69) is 38.1 Å². The topological polar surface area (TPSA) is 460 Å². The van der Waals surface area contributed by atoms with Crippen LogP contribution >= 0.6 is 23.5 Å². The number of nitrogens with two attached hydrogens (primary N) is 2. The number of aromatic amines is 2. The maximum absolute atomic E-state index is 13.0. The number of fused-ring (bicyclic) bond motifs is 2. The third-order valence-corrected chi connectivity index (χ3v) is 14.6. The van der Waals surface area contributed by atoms with Crippen molar-refractivity contribution in [1.29, 1.82) is 0 Å². The Labute approximate surface area is 379 Å². The molecule has 6 unspecified atom stereocenters. The zero-order valence-electron chi connectivity index (χ0n) is 35.7. The van der Waals surface area contributed by atoms with Gasteiger partial charge in [0.15, 0.2) is 23.7 Å². The third kappa shape index (κ3) is 10.8. The summed E-state index contributed by atoms with van der Waals surface area (Å²) in [5.74, 6) is -0.638. The zero-order valence-corrected chi connectivity index (χ0v) is 38.4. The van der Waals surface area contributed by atoms with E-state index in [0.29, 0.717) is 0 Å². The van der Waals surface area contributed by atoms with Crippen molar-refractivity contribution in [2.24, 2.45) is 12.5 Å². The molecule has 35 heteroatoms. The van der Waals surface area contributed by atoms with Crippen LogP contribution in [-0.4, -0.2) is 126 Å². The number of para-hydroxylation sites is 1. The number of nitrogens with one attached hydrogen (secondary N) is 2. The number of aromatic nitrogens is 8. The van der Waals surface area contributed by atoms with Crippen molar-refractivity contribution >= 4 is 63.4 Å². The number of imidazole rings is 2. The fraction of sp³-hybridized carbons (Fsp3) is 0.515. The van der Waals surface area contributed by atoms with Crippen LogP contribution in [0.25, 0.3) is 22.3 Å². The molecule has 1 aromatic carbocycles. The van der Waals surface area contributed by atoms with E-state index in [9.17, 15) is 63.4 Å². The van der Waals surface area contributed by atoms with Crippen LogP contribution in [0.3, 0.4) is 0 Å². The van der Waals surface area contributed by atoms with Gasteiger partial charge in [-0.05, 0) is 11.5 Å². The minimum atomic E-state index is -6.11. The molecule has 5 aromatic rings. The average molecular weight is 1020 g/mol. The van der Waals surface area contributed by atoms with Gasteiger partial charge < -0.3 is 60.4 Å². The molecule has 0 bridgehead atoms. The van der Waals surface area contributed by atoms with Gasteiger partial charge in [0.05, 0.1) is 43.2 Å². The first-order valence-corrected chi connectivity index (χ1v) is 24.2. The molecule has 0 saturated carbocycles. The molecular weight excluding hydrogens is 979 g/mol. The van der Waals surface area contributed by atoms with E-state index in [1.165, 1.54) is 40.7 Å². The number of phosphoric acid groups is 3. The average Bonchev–Trinajstić information content (AvgIpc) is 3.95. The van der Waals surface area contributed by atoms with Crippen LogP contribution in [0, 0.1) is 15.5 Å². The van der Waals surface area contributed by atoms with E-state index in [4.69, 9.17) is 34.9 Å². The van der Waals surface area contributed by atoms with Gasteiger partial charge in [-0.15, -0.1) is 0 Å². The third-order valence-electron chi connectivity index (χ3n) is 10.4. The summed E-state index contributed by atoms with van der Waals surface area (Å²) < 4.78 is 83.5. The van der Waals surface area contributed by atoms with Crippen LogP contribution in [0.1, 0.15) is 44.9 Å². The Morgan fingerprint density at radius 3 is 2.15 bits per heavy atom. The molecule has 0 radical (unpaired) electrons. The van der Waals surface area contributed by atoms with Gasteiger partial charge >= 0.3 is 29.1 Å². The summed E-state index contributed by atoms with van der Waals surface area (Å²) in [5.41, 5.74) is 8.68. The van der Waals surface area contributed by atoms with Gasteiger partial charge in [-0.1, -0.05) is 37.9 Å². The Morgan fingerprint density at radius 1 is 0.912 bits per heavy atom. The van der Waals surface area contributed by atoms with E-state index in [1.54, 1.807) is 26.8 Å². The van der Waals surface area contributed by atoms with Crippen molar-refractivity contribution in [2.75, 3.05) is 31.5 Å².